The van der Waals surface area contributed by atoms with Gasteiger partial charge in [-0.05, 0) is 44.4 Å². The van der Waals surface area contributed by atoms with Gasteiger partial charge in [0, 0.05) is 17.6 Å². The molecular weight excluding hydrogens is 323 g/mol. The van der Waals surface area contributed by atoms with E-state index in [2.05, 4.69) is 5.32 Å². The van der Waals surface area contributed by atoms with E-state index in [0.29, 0.717) is 28.6 Å². The Morgan fingerprint density at radius 1 is 1.41 bits per heavy atom. The summed E-state index contributed by atoms with van der Waals surface area (Å²) in [6, 6.07) is 4.45. The first kappa shape index (κ1) is 17.1. The molecule has 1 aromatic rings. The lowest BCUT2D eigenvalue weighted by Gasteiger charge is -2.25. The number of carbonyl (C=O) groups is 2. The van der Waals surface area contributed by atoms with Gasteiger partial charge in [0.25, 0.3) is 5.91 Å². The number of nitrogens with one attached hydrogen (secondary N) is 1. The maximum absolute atomic E-state index is 12.7. The molecule has 0 radical (unpaired) electrons. The molecule has 1 saturated heterocycles. The smallest absolute Gasteiger partial charge is 0.256 e. The van der Waals surface area contributed by atoms with Crippen LogP contribution in [-0.4, -0.2) is 35.3 Å². The van der Waals surface area contributed by atoms with E-state index < -0.39 is 6.04 Å². The summed E-state index contributed by atoms with van der Waals surface area (Å²) in [4.78, 5) is 26.6. The molecule has 0 saturated carbocycles. The number of halogens is 2. The normalized spacial score (nSPS) is 19.1. The molecule has 1 heterocycles. The summed E-state index contributed by atoms with van der Waals surface area (Å²) in [6.07, 6.45) is 2.33. The van der Waals surface area contributed by atoms with E-state index in [4.69, 9.17) is 23.2 Å². The van der Waals surface area contributed by atoms with Gasteiger partial charge in [0.15, 0.2) is 0 Å². The number of rotatable bonds is 4. The number of carbonyl (C=O) groups excluding carboxylic acids is 2. The van der Waals surface area contributed by atoms with Gasteiger partial charge in [0.2, 0.25) is 5.91 Å². The second-order valence-electron chi connectivity index (χ2n) is 5.60. The van der Waals surface area contributed by atoms with Crippen molar-refractivity contribution in [3.8, 4) is 0 Å². The van der Waals surface area contributed by atoms with Crippen LogP contribution in [0.1, 0.15) is 43.5 Å². The van der Waals surface area contributed by atoms with Crippen LogP contribution < -0.4 is 5.32 Å². The predicted molar refractivity (Wildman–Crippen MR) is 88.4 cm³/mol. The molecule has 1 fully saturated rings. The molecular formula is C16H20Cl2N2O2. The lowest BCUT2D eigenvalue weighted by atomic mass is 10.1. The van der Waals surface area contributed by atoms with Crippen LogP contribution >= 0.6 is 23.2 Å². The quantitative estimate of drug-likeness (QED) is 0.909. The van der Waals surface area contributed by atoms with Crippen LogP contribution in [0, 0.1) is 0 Å². The van der Waals surface area contributed by atoms with Crippen molar-refractivity contribution in [3.05, 3.63) is 33.8 Å². The summed E-state index contributed by atoms with van der Waals surface area (Å²) < 4.78 is 0. The molecule has 1 aliphatic rings. The highest BCUT2D eigenvalue weighted by Crippen LogP contribution is 2.26. The minimum atomic E-state index is -0.434. The molecule has 2 rings (SSSR count). The Labute approximate surface area is 140 Å². The van der Waals surface area contributed by atoms with Crippen molar-refractivity contribution in [2.24, 2.45) is 0 Å². The molecule has 2 amide bonds. The fourth-order valence-electron chi connectivity index (χ4n) is 2.54. The van der Waals surface area contributed by atoms with Crippen LogP contribution in [0.5, 0.6) is 0 Å². The first-order valence-corrected chi connectivity index (χ1v) is 8.26. The summed E-state index contributed by atoms with van der Waals surface area (Å²) in [7, 11) is 0. The standard InChI is InChI=1S/C16H20Cl2N2O2/c1-3-10(2)19-15(21)14-5-4-8-20(14)16(22)12-9-11(17)6-7-13(12)18/h6-7,9-10,14H,3-5,8H2,1-2H3,(H,19,21)/t10-,14-/m0/s1. The van der Waals surface area contributed by atoms with E-state index in [1.165, 1.54) is 0 Å². The predicted octanol–water partition coefficient (Wildman–Crippen LogP) is 3.51. The molecule has 0 aliphatic carbocycles. The van der Waals surface area contributed by atoms with E-state index in [1.807, 2.05) is 13.8 Å². The number of hydrogen-bond acceptors (Lipinski definition) is 2. The van der Waals surface area contributed by atoms with Crippen molar-refractivity contribution < 1.29 is 9.59 Å². The second-order valence-corrected chi connectivity index (χ2v) is 6.44. The highest BCUT2D eigenvalue weighted by molar-refractivity contribution is 6.35. The van der Waals surface area contributed by atoms with Gasteiger partial charge in [-0.2, -0.15) is 0 Å². The maximum atomic E-state index is 12.7. The Morgan fingerprint density at radius 3 is 2.82 bits per heavy atom. The van der Waals surface area contributed by atoms with Crippen LogP contribution in [0.4, 0.5) is 0 Å². The van der Waals surface area contributed by atoms with Gasteiger partial charge in [-0.25, -0.2) is 0 Å². The van der Waals surface area contributed by atoms with Gasteiger partial charge >= 0.3 is 0 Å². The summed E-state index contributed by atoms with van der Waals surface area (Å²) in [5, 5.41) is 3.74. The number of nitrogens with zero attached hydrogens (tertiary/aromatic N) is 1. The minimum absolute atomic E-state index is 0.0970. The third kappa shape index (κ3) is 3.73. The summed E-state index contributed by atoms with van der Waals surface area (Å²) >= 11 is 12.0. The SMILES string of the molecule is CC[C@H](C)NC(=O)[C@@H]1CCCN1C(=O)c1cc(Cl)ccc1Cl. The number of likely N-dealkylation sites (tertiary alicyclic amines) is 1. The Hall–Kier alpha value is -1.26. The van der Waals surface area contributed by atoms with Crippen LogP contribution in [0.25, 0.3) is 0 Å². The van der Waals surface area contributed by atoms with E-state index >= 15 is 0 Å². The van der Waals surface area contributed by atoms with Crippen molar-refractivity contribution in [2.75, 3.05) is 6.54 Å². The van der Waals surface area contributed by atoms with E-state index in [1.54, 1.807) is 23.1 Å². The zero-order valence-corrected chi connectivity index (χ0v) is 14.2. The monoisotopic (exact) mass is 342 g/mol. The molecule has 120 valence electrons. The molecule has 1 N–H and O–H groups in total. The largest absolute Gasteiger partial charge is 0.352 e. The van der Waals surface area contributed by atoms with Gasteiger partial charge in [-0.1, -0.05) is 30.1 Å². The summed E-state index contributed by atoms with van der Waals surface area (Å²) in [5.41, 5.74) is 0.345. The maximum Gasteiger partial charge on any atom is 0.256 e. The Balaban J connectivity index is 2.17. The zero-order chi connectivity index (χ0) is 16.3. The molecule has 6 heteroatoms. The Morgan fingerprint density at radius 2 is 2.14 bits per heavy atom. The van der Waals surface area contributed by atoms with Crippen LogP contribution in [0.15, 0.2) is 18.2 Å². The third-order valence-corrected chi connectivity index (χ3v) is 4.54. The van der Waals surface area contributed by atoms with Crippen molar-refractivity contribution in [3.63, 3.8) is 0 Å². The van der Waals surface area contributed by atoms with Gasteiger partial charge in [-0.3, -0.25) is 9.59 Å². The third-order valence-electron chi connectivity index (χ3n) is 3.98. The van der Waals surface area contributed by atoms with Crippen molar-refractivity contribution in [2.45, 2.75) is 45.2 Å². The first-order chi connectivity index (χ1) is 10.4. The van der Waals surface area contributed by atoms with E-state index in [0.717, 1.165) is 12.8 Å². The molecule has 1 aliphatic heterocycles. The first-order valence-electron chi connectivity index (χ1n) is 7.50. The Kier molecular flexibility index (Phi) is 5.70. The van der Waals surface area contributed by atoms with E-state index in [9.17, 15) is 9.59 Å². The molecule has 2 atom stereocenters. The zero-order valence-electron chi connectivity index (χ0n) is 12.7. The second kappa shape index (κ2) is 7.34. The number of amides is 2. The lowest BCUT2D eigenvalue weighted by Crippen LogP contribution is -2.48. The minimum Gasteiger partial charge on any atom is -0.352 e. The molecule has 0 aromatic heterocycles. The molecule has 0 unspecified atom stereocenters. The molecule has 4 nitrogen and oxygen atoms in total. The molecule has 0 bridgehead atoms. The fraction of sp³-hybridized carbons (Fsp3) is 0.500. The van der Waals surface area contributed by atoms with Crippen LogP contribution in [0.2, 0.25) is 10.0 Å². The van der Waals surface area contributed by atoms with Crippen molar-refractivity contribution >= 4 is 35.0 Å². The van der Waals surface area contributed by atoms with Crippen molar-refractivity contribution in [1.29, 1.82) is 0 Å². The highest BCUT2D eigenvalue weighted by Gasteiger charge is 2.35. The summed E-state index contributed by atoms with van der Waals surface area (Å²) in [6.45, 7) is 4.52. The lowest BCUT2D eigenvalue weighted by molar-refractivity contribution is -0.125. The highest BCUT2D eigenvalue weighted by atomic mass is 35.5. The Bertz CT molecular complexity index is 577. The van der Waals surface area contributed by atoms with Crippen molar-refractivity contribution in [1.82, 2.24) is 10.2 Å². The van der Waals surface area contributed by atoms with E-state index in [-0.39, 0.29) is 17.9 Å². The van der Waals surface area contributed by atoms with Gasteiger partial charge in [0.05, 0.1) is 10.6 Å². The average molecular weight is 343 g/mol. The number of benzene rings is 1. The number of hydrogen-bond donors (Lipinski definition) is 1. The molecule has 1 aromatic carbocycles. The van der Waals surface area contributed by atoms with Gasteiger partial charge in [-0.15, -0.1) is 0 Å². The van der Waals surface area contributed by atoms with Gasteiger partial charge in [0.1, 0.15) is 6.04 Å². The van der Waals surface area contributed by atoms with Crippen LogP contribution in [-0.2, 0) is 4.79 Å². The van der Waals surface area contributed by atoms with Gasteiger partial charge < -0.3 is 10.2 Å². The average Bonchev–Trinajstić information content (AvgIpc) is 2.98. The topological polar surface area (TPSA) is 49.4 Å². The van der Waals surface area contributed by atoms with Crippen LogP contribution in [0.3, 0.4) is 0 Å². The fourth-order valence-corrected chi connectivity index (χ4v) is 2.91. The molecule has 0 spiro atoms. The summed E-state index contributed by atoms with van der Waals surface area (Å²) in [5.74, 6) is -0.340. The molecule has 22 heavy (non-hydrogen) atoms.